The second-order valence-electron chi connectivity index (χ2n) is 6.91. The summed E-state index contributed by atoms with van der Waals surface area (Å²) in [6.45, 7) is 9.92. The van der Waals surface area contributed by atoms with Crippen LogP contribution in [0.3, 0.4) is 0 Å². The van der Waals surface area contributed by atoms with E-state index in [-0.39, 0.29) is 18.5 Å². The largest absolute Gasteiger partial charge is 0.345 e. The van der Waals surface area contributed by atoms with Gasteiger partial charge in [-0.3, -0.25) is 9.10 Å². The summed E-state index contributed by atoms with van der Waals surface area (Å²) in [4.78, 5) is 12.7. The van der Waals surface area contributed by atoms with Gasteiger partial charge in [0.05, 0.1) is 24.5 Å². The Morgan fingerprint density at radius 1 is 1.14 bits per heavy atom. The van der Waals surface area contributed by atoms with Crippen molar-refractivity contribution < 1.29 is 13.2 Å². The van der Waals surface area contributed by atoms with Crippen LogP contribution in [0.2, 0.25) is 0 Å². The van der Waals surface area contributed by atoms with Crippen LogP contribution in [0.15, 0.2) is 55.1 Å². The molecular weight excluding hydrogens is 372 g/mol. The highest BCUT2D eigenvalue weighted by Crippen LogP contribution is 2.22. The summed E-state index contributed by atoms with van der Waals surface area (Å²) in [5, 5.41) is 3.06. The van der Waals surface area contributed by atoms with E-state index in [9.17, 15) is 13.2 Å². The average Bonchev–Trinajstić information content (AvgIpc) is 2.65. The number of hydrogen-bond acceptors (Lipinski definition) is 3. The van der Waals surface area contributed by atoms with Crippen LogP contribution in [0.1, 0.15) is 46.4 Å². The fourth-order valence-electron chi connectivity index (χ4n) is 2.97. The number of nitrogens with one attached hydrogen (secondary N) is 1. The quantitative estimate of drug-likeness (QED) is 0.677. The Hall–Kier alpha value is -2.60. The van der Waals surface area contributed by atoms with Crippen LogP contribution in [-0.4, -0.2) is 27.1 Å². The molecule has 5 nitrogen and oxygen atoms in total. The number of nitrogens with zero attached hydrogens (tertiary/aromatic N) is 1. The molecule has 28 heavy (non-hydrogen) atoms. The predicted molar refractivity (Wildman–Crippen MR) is 115 cm³/mol. The van der Waals surface area contributed by atoms with Gasteiger partial charge in [0, 0.05) is 5.56 Å². The second kappa shape index (κ2) is 9.06. The van der Waals surface area contributed by atoms with Crippen molar-refractivity contribution in [2.45, 2.75) is 33.2 Å². The topological polar surface area (TPSA) is 66.5 Å². The first-order chi connectivity index (χ1) is 13.2. The van der Waals surface area contributed by atoms with Crippen molar-refractivity contribution in [1.82, 2.24) is 5.32 Å². The highest BCUT2D eigenvalue weighted by atomic mass is 32.2. The number of carbonyl (C=O) groups is 1. The van der Waals surface area contributed by atoms with E-state index in [1.54, 1.807) is 24.3 Å². The second-order valence-corrected chi connectivity index (χ2v) is 8.81. The van der Waals surface area contributed by atoms with E-state index in [1.165, 1.54) is 21.5 Å². The van der Waals surface area contributed by atoms with Crippen molar-refractivity contribution in [3.05, 3.63) is 77.4 Å². The monoisotopic (exact) mass is 400 g/mol. The molecule has 0 aliphatic carbocycles. The average molecular weight is 401 g/mol. The number of benzene rings is 2. The van der Waals surface area contributed by atoms with Gasteiger partial charge in [-0.2, -0.15) is 0 Å². The fraction of sp³-hybridized carbons (Fsp3) is 0.318. The summed E-state index contributed by atoms with van der Waals surface area (Å²) < 4.78 is 25.1. The van der Waals surface area contributed by atoms with Crippen LogP contribution < -0.4 is 9.62 Å². The lowest BCUT2D eigenvalue weighted by molar-refractivity contribution is 0.0935. The minimum absolute atomic E-state index is 0.0836. The first-order valence-corrected chi connectivity index (χ1v) is 11.1. The molecule has 0 heterocycles. The summed E-state index contributed by atoms with van der Waals surface area (Å²) in [6, 6.07) is 12.7. The van der Waals surface area contributed by atoms with E-state index in [2.05, 4.69) is 37.9 Å². The summed E-state index contributed by atoms with van der Waals surface area (Å²) in [6.07, 6.45) is 3.44. The minimum Gasteiger partial charge on any atom is -0.345 e. The third-order valence-electron chi connectivity index (χ3n) is 4.76. The van der Waals surface area contributed by atoms with Gasteiger partial charge >= 0.3 is 0 Å². The number of hydrogen-bond donors (Lipinski definition) is 1. The van der Waals surface area contributed by atoms with E-state index in [4.69, 9.17) is 0 Å². The van der Waals surface area contributed by atoms with Gasteiger partial charge in [0.1, 0.15) is 0 Å². The molecule has 0 bridgehead atoms. The van der Waals surface area contributed by atoms with E-state index in [0.717, 1.165) is 18.2 Å². The van der Waals surface area contributed by atoms with Crippen LogP contribution >= 0.6 is 0 Å². The van der Waals surface area contributed by atoms with Crippen LogP contribution in [0, 0.1) is 13.8 Å². The standard InChI is InChI=1S/C22H28N2O3S/c1-6-14-24(28(5,26)27)20-12-10-18(11-13-20)22(25)23-21(7-2)19-9-8-16(3)17(4)15-19/h6,8-13,15,21H,1,7,14H2,2-5H3,(H,23,25). The Morgan fingerprint density at radius 3 is 2.29 bits per heavy atom. The lowest BCUT2D eigenvalue weighted by atomic mass is 9.99. The molecule has 0 saturated heterocycles. The van der Waals surface area contributed by atoms with Crippen LogP contribution in [0.4, 0.5) is 5.69 Å². The summed E-state index contributed by atoms with van der Waals surface area (Å²) in [7, 11) is -3.42. The van der Waals surface area contributed by atoms with Gasteiger partial charge in [-0.25, -0.2) is 8.42 Å². The van der Waals surface area contributed by atoms with Crippen molar-refractivity contribution in [3.63, 3.8) is 0 Å². The highest BCUT2D eigenvalue weighted by Gasteiger charge is 2.18. The molecule has 150 valence electrons. The molecule has 6 heteroatoms. The summed E-state index contributed by atoms with van der Waals surface area (Å²) in [5.41, 5.74) is 4.47. The van der Waals surface area contributed by atoms with Crippen molar-refractivity contribution in [2.24, 2.45) is 0 Å². The maximum absolute atomic E-state index is 12.7. The Bertz CT molecular complexity index is 950. The molecule has 2 rings (SSSR count). The molecule has 1 atom stereocenters. The van der Waals surface area contributed by atoms with E-state index in [0.29, 0.717) is 11.3 Å². The summed E-state index contributed by atoms with van der Waals surface area (Å²) >= 11 is 0. The third-order valence-corrected chi connectivity index (χ3v) is 5.92. The lowest BCUT2D eigenvalue weighted by Crippen LogP contribution is -2.30. The number of rotatable bonds is 8. The van der Waals surface area contributed by atoms with Crippen molar-refractivity contribution in [2.75, 3.05) is 17.1 Å². The first kappa shape index (κ1) is 21.7. The van der Waals surface area contributed by atoms with Crippen molar-refractivity contribution in [1.29, 1.82) is 0 Å². The van der Waals surface area contributed by atoms with Gasteiger partial charge < -0.3 is 5.32 Å². The lowest BCUT2D eigenvalue weighted by Gasteiger charge is -2.21. The Balaban J connectivity index is 2.19. The minimum atomic E-state index is -3.42. The molecular formula is C22H28N2O3S. The highest BCUT2D eigenvalue weighted by molar-refractivity contribution is 7.92. The number of sulfonamides is 1. The van der Waals surface area contributed by atoms with Gasteiger partial charge in [0.25, 0.3) is 5.91 Å². The van der Waals surface area contributed by atoms with E-state index < -0.39 is 10.0 Å². The van der Waals surface area contributed by atoms with E-state index in [1.807, 2.05) is 13.0 Å². The molecule has 0 radical (unpaired) electrons. The Kier molecular flexibility index (Phi) is 7.02. The zero-order chi connectivity index (χ0) is 20.9. The first-order valence-electron chi connectivity index (χ1n) is 9.24. The number of aryl methyl sites for hydroxylation is 2. The maximum atomic E-state index is 12.7. The molecule has 1 unspecified atom stereocenters. The predicted octanol–water partition coefficient (Wildman–Crippen LogP) is 4.14. The number of amides is 1. The van der Waals surface area contributed by atoms with Gasteiger partial charge in [0.15, 0.2) is 0 Å². The van der Waals surface area contributed by atoms with Crippen LogP contribution in [-0.2, 0) is 10.0 Å². The smallest absolute Gasteiger partial charge is 0.251 e. The molecule has 1 amide bonds. The van der Waals surface area contributed by atoms with Gasteiger partial charge in [0.2, 0.25) is 10.0 Å². The number of carbonyl (C=O) groups excluding carboxylic acids is 1. The molecule has 1 N–H and O–H groups in total. The molecule has 0 saturated carbocycles. The van der Waals surface area contributed by atoms with E-state index >= 15 is 0 Å². The summed E-state index contributed by atoms with van der Waals surface area (Å²) in [5.74, 6) is -0.189. The molecule has 0 spiro atoms. The van der Waals surface area contributed by atoms with Gasteiger partial charge in [-0.05, 0) is 61.2 Å². The molecule has 2 aromatic rings. The molecule has 0 fully saturated rings. The Morgan fingerprint density at radius 2 is 1.79 bits per heavy atom. The molecule has 0 aliphatic heterocycles. The Labute approximate surface area is 168 Å². The SMILES string of the molecule is C=CCN(c1ccc(C(=O)NC(CC)c2ccc(C)c(C)c2)cc1)S(C)(=O)=O. The van der Waals surface area contributed by atoms with Crippen LogP contribution in [0.5, 0.6) is 0 Å². The van der Waals surface area contributed by atoms with Gasteiger partial charge in [-0.15, -0.1) is 6.58 Å². The third kappa shape index (κ3) is 5.23. The molecule has 2 aromatic carbocycles. The normalized spacial score (nSPS) is 12.3. The molecule has 0 aromatic heterocycles. The number of anilines is 1. The zero-order valence-electron chi connectivity index (χ0n) is 16.9. The van der Waals surface area contributed by atoms with Crippen molar-refractivity contribution >= 4 is 21.6 Å². The maximum Gasteiger partial charge on any atom is 0.251 e. The van der Waals surface area contributed by atoms with Crippen LogP contribution in [0.25, 0.3) is 0 Å². The van der Waals surface area contributed by atoms with Gasteiger partial charge in [-0.1, -0.05) is 31.2 Å². The molecule has 0 aliphatic rings. The fourth-order valence-corrected chi connectivity index (χ4v) is 3.85. The van der Waals surface area contributed by atoms with Crippen molar-refractivity contribution in [3.8, 4) is 0 Å². The zero-order valence-corrected chi connectivity index (χ0v) is 17.7.